The van der Waals surface area contributed by atoms with Crippen LogP contribution in [0.15, 0.2) is 66.7 Å². The summed E-state index contributed by atoms with van der Waals surface area (Å²) < 4.78 is 20.3. The van der Waals surface area contributed by atoms with E-state index in [1.54, 1.807) is 0 Å². The lowest BCUT2D eigenvalue weighted by Crippen LogP contribution is -2.30. The van der Waals surface area contributed by atoms with Gasteiger partial charge in [-0.3, -0.25) is 10.1 Å². The number of aliphatic hydroxyl groups is 1. The molecule has 0 heterocycles. The zero-order valence-corrected chi connectivity index (χ0v) is 18.5. The van der Waals surface area contributed by atoms with Gasteiger partial charge in [0.05, 0.1) is 11.3 Å². The number of carbonyl (C=O) groups excluding carboxylic acids is 2. The Balaban J connectivity index is 1.39. The Kier molecular flexibility index (Phi) is 7.07. The van der Waals surface area contributed by atoms with Crippen LogP contribution in [0.1, 0.15) is 33.8 Å². The molecule has 4 rings (SSSR count). The molecule has 3 aromatic carbocycles. The quantitative estimate of drug-likeness (QED) is 0.391. The second-order valence-electron chi connectivity index (χ2n) is 8.02. The number of carboxylic acids is 1. The third-order valence-electron chi connectivity index (χ3n) is 5.81. The number of rotatable bonds is 8. The number of aliphatic hydroxyl groups excluding tert-OH is 1. The highest BCUT2D eigenvalue weighted by Gasteiger charge is 2.29. The first-order valence-electron chi connectivity index (χ1n) is 11.0. The fraction of sp³-hybridized carbons (Fsp3) is 0.192. The molecule has 0 saturated carbocycles. The molecule has 9 heteroatoms. The molecule has 0 aliphatic heterocycles. The summed E-state index contributed by atoms with van der Waals surface area (Å²) in [5.41, 5.74) is 3.67. The number of hydrogen-bond donors (Lipinski definition) is 4. The van der Waals surface area contributed by atoms with Crippen LogP contribution in [-0.4, -0.2) is 47.4 Å². The minimum Gasteiger partial charge on any atom is -0.479 e. The number of hydrogen-bond acceptors (Lipinski definition) is 5. The van der Waals surface area contributed by atoms with Crippen LogP contribution in [0.25, 0.3) is 11.1 Å². The van der Waals surface area contributed by atoms with Gasteiger partial charge in [0, 0.05) is 18.9 Å². The van der Waals surface area contributed by atoms with E-state index in [4.69, 9.17) is 9.84 Å². The van der Waals surface area contributed by atoms with E-state index in [2.05, 4.69) is 10.6 Å². The third kappa shape index (κ3) is 5.15. The minimum absolute atomic E-state index is 0.0492. The van der Waals surface area contributed by atoms with Crippen LogP contribution in [0.4, 0.5) is 14.9 Å². The first kappa shape index (κ1) is 23.9. The van der Waals surface area contributed by atoms with Gasteiger partial charge < -0.3 is 20.3 Å². The number of ether oxygens (including phenoxy) is 1. The highest BCUT2D eigenvalue weighted by Crippen LogP contribution is 2.44. The summed E-state index contributed by atoms with van der Waals surface area (Å²) in [6.07, 6.45) is -2.74. The molecule has 0 aromatic heterocycles. The van der Waals surface area contributed by atoms with Gasteiger partial charge in [-0.05, 0) is 34.4 Å². The second-order valence-corrected chi connectivity index (χ2v) is 8.02. The van der Waals surface area contributed by atoms with Gasteiger partial charge in [-0.1, -0.05) is 54.6 Å². The number of carbonyl (C=O) groups is 3. The van der Waals surface area contributed by atoms with Gasteiger partial charge in [0.1, 0.15) is 6.61 Å². The molecule has 180 valence electrons. The Morgan fingerprint density at radius 2 is 1.57 bits per heavy atom. The maximum absolute atomic E-state index is 14.9. The average molecular weight is 478 g/mol. The first-order valence-corrected chi connectivity index (χ1v) is 11.0. The predicted molar refractivity (Wildman–Crippen MR) is 126 cm³/mol. The molecular weight excluding hydrogens is 455 g/mol. The van der Waals surface area contributed by atoms with E-state index in [1.165, 1.54) is 18.2 Å². The van der Waals surface area contributed by atoms with Gasteiger partial charge >= 0.3 is 12.1 Å². The normalized spacial score (nSPS) is 12.9. The first-order chi connectivity index (χ1) is 16.9. The van der Waals surface area contributed by atoms with Crippen molar-refractivity contribution in [3.63, 3.8) is 0 Å². The van der Waals surface area contributed by atoms with Crippen LogP contribution in [0.5, 0.6) is 0 Å². The highest BCUT2D eigenvalue weighted by atomic mass is 19.1. The summed E-state index contributed by atoms with van der Waals surface area (Å²) in [5, 5.41) is 22.6. The smallest absolute Gasteiger partial charge is 0.411 e. The number of fused-ring (bicyclic) bond motifs is 3. The molecule has 0 radical (unpaired) electrons. The van der Waals surface area contributed by atoms with E-state index in [0.29, 0.717) is 0 Å². The van der Waals surface area contributed by atoms with Crippen molar-refractivity contribution < 1.29 is 33.7 Å². The van der Waals surface area contributed by atoms with Crippen LogP contribution in [0.2, 0.25) is 0 Å². The van der Waals surface area contributed by atoms with Crippen molar-refractivity contribution >= 4 is 23.7 Å². The van der Waals surface area contributed by atoms with E-state index < -0.39 is 29.9 Å². The zero-order chi connectivity index (χ0) is 24.9. The van der Waals surface area contributed by atoms with Crippen molar-refractivity contribution in [3.05, 3.63) is 89.2 Å². The van der Waals surface area contributed by atoms with Gasteiger partial charge in [0.2, 0.25) is 0 Å². The highest BCUT2D eigenvalue weighted by molar-refractivity contribution is 5.96. The number of halogens is 1. The van der Waals surface area contributed by atoms with Crippen LogP contribution in [-0.2, 0) is 9.53 Å². The van der Waals surface area contributed by atoms with Gasteiger partial charge in [-0.25, -0.2) is 14.0 Å². The molecule has 4 N–H and O–H groups in total. The summed E-state index contributed by atoms with van der Waals surface area (Å²) in [6.45, 7) is -0.122. The van der Waals surface area contributed by atoms with E-state index >= 15 is 0 Å². The van der Waals surface area contributed by atoms with Gasteiger partial charge in [-0.2, -0.15) is 0 Å². The van der Waals surface area contributed by atoms with Crippen LogP contribution in [0.3, 0.4) is 0 Å². The van der Waals surface area contributed by atoms with E-state index in [9.17, 15) is 23.9 Å². The van der Waals surface area contributed by atoms with Crippen molar-refractivity contribution in [2.75, 3.05) is 18.5 Å². The molecule has 1 atom stereocenters. The number of nitrogens with one attached hydrogen (secondary N) is 2. The summed E-state index contributed by atoms with van der Waals surface area (Å²) in [6, 6.07) is 19.7. The van der Waals surface area contributed by atoms with Crippen molar-refractivity contribution in [3.8, 4) is 11.1 Å². The Bertz CT molecular complexity index is 1230. The number of anilines is 1. The fourth-order valence-corrected chi connectivity index (χ4v) is 4.09. The molecule has 0 bridgehead atoms. The molecule has 1 aliphatic carbocycles. The maximum atomic E-state index is 14.9. The summed E-state index contributed by atoms with van der Waals surface area (Å²) in [7, 11) is 0. The Morgan fingerprint density at radius 1 is 0.943 bits per heavy atom. The van der Waals surface area contributed by atoms with Crippen molar-refractivity contribution in [1.29, 1.82) is 0 Å². The summed E-state index contributed by atoms with van der Waals surface area (Å²) >= 11 is 0. The Hall–Kier alpha value is -4.24. The number of benzene rings is 3. The molecule has 8 nitrogen and oxygen atoms in total. The van der Waals surface area contributed by atoms with Crippen molar-refractivity contribution in [2.24, 2.45) is 0 Å². The van der Waals surface area contributed by atoms with Gasteiger partial charge in [-0.15, -0.1) is 0 Å². The van der Waals surface area contributed by atoms with Crippen LogP contribution >= 0.6 is 0 Å². The lowest BCUT2D eigenvalue weighted by Gasteiger charge is -2.15. The molecule has 35 heavy (non-hydrogen) atoms. The standard InChI is InChI=1S/C26H23FN2O6/c27-23-19(24(31)28-13-12-22(30)25(32)33)10-5-11-21(23)29-26(34)35-14-20-17-8-3-1-6-15(17)16-7-2-4-9-18(16)20/h1-11,20,22,30H,12-14H2,(H,28,31)(H,29,34)(H,32,33). The van der Waals surface area contributed by atoms with Crippen molar-refractivity contribution in [1.82, 2.24) is 5.32 Å². The topological polar surface area (TPSA) is 125 Å². The number of amides is 2. The SMILES string of the molecule is O=C(Nc1cccc(C(=O)NCCC(O)C(=O)O)c1F)OCC1c2ccccc2-c2ccccc21. The van der Waals surface area contributed by atoms with E-state index in [1.807, 2.05) is 48.5 Å². The molecule has 3 aromatic rings. The molecule has 0 spiro atoms. The molecule has 1 unspecified atom stereocenters. The largest absolute Gasteiger partial charge is 0.479 e. The van der Waals surface area contributed by atoms with Gasteiger partial charge in [0.25, 0.3) is 5.91 Å². The second kappa shape index (κ2) is 10.4. The average Bonchev–Trinajstić information content (AvgIpc) is 3.17. The van der Waals surface area contributed by atoms with Crippen LogP contribution in [0, 0.1) is 5.82 Å². The molecule has 0 saturated heterocycles. The lowest BCUT2D eigenvalue weighted by molar-refractivity contribution is -0.146. The fourth-order valence-electron chi connectivity index (χ4n) is 4.09. The number of aliphatic carboxylic acids is 1. The monoisotopic (exact) mass is 478 g/mol. The Labute approximate surface area is 200 Å². The van der Waals surface area contributed by atoms with Crippen molar-refractivity contribution in [2.45, 2.75) is 18.4 Å². The number of carboxylic acid groups (broad SMARTS) is 1. The predicted octanol–water partition coefficient (Wildman–Crippen LogP) is 3.75. The lowest BCUT2D eigenvalue weighted by atomic mass is 9.98. The molecular formula is C26H23FN2O6. The van der Waals surface area contributed by atoms with E-state index in [0.717, 1.165) is 22.3 Å². The Morgan fingerprint density at radius 3 is 2.20 bits per heavy atom. The molecule has 2 amide bonds. The van der Waals surface area contributed by atoms with E-state index in [-0.39, 0.29) is 36.7 Å². The maximum Gasteiger partial charge on any atom is 0.411 e. The third-order valence-corrected chi connectivity index (χ3v) is 5.81. The van der Waals surface area contributed by atoms with Gasteiger partial charge in [0.15, 0.2) is 11.9 Å². The summed E-state index contributed by atoms with van der Waals surface area (Å²) in [5.74, 6) is -3.34. The van der Waals surface area contributed by atoms with Crippen LogP contribution < -0.4 is 10.6 Å². The molecule has 0 fully saturated rings. The summed E-state index contributed by atoms with van der Waals surface area (Å²) in [4.78, 5) is 35.3. The zero-order valence-electron chi connectivity index (χ0n) is 18.5. The minimum atomic E-state index is -1.64. The molecule has 1 aliphatic rings.